The van der Waals surface area contributed by atoms with Crippen LogP contribution in [0.5, 0.6) is 0 Å². The normalized spacial score (nSPS) is 19.1. The van der Waals surface area contributed by atoms with Gasteiger partial charge in [0, 0.05) is 42.5 Å². The molecular formula is C21H21N3O3S. The summed E-state index contributed by atoms with van der Waals surface area (Å²) in [6.45, 7) is 0.782. The number of carbonyl (C=O) groups is 1. The zero-order chi connectivity index (χ0) is 19.3. The first-order chi connectivity index (χ1) is 13.7. The molecule has 0 bridgehead atoms. The summed E-state index contributed by atoms with van der Waals surface area (Å²) in [6, 6.07) is 13.6. The standard InChI is InChI=1S/C21H21N3O3S/c25-19-13-24(12-15(19)10-16-11-22-8-9-23-16)21(26)20-7-6-17(27-20)14-28-18-4-2-1-3-5-18/h1-9,11,15,19,25H,10,12-14H2/t15-,19-/m1/s1. The molecule has 1 aromatic carbocycles. The smallest absolute Gasteiger partial charge is 0.289 e. The molecule has 28 heavy (non-hydrogen) atoms. The molecule has 7 heteroatoms. The van der Waals surface area contributed by atoms with Crippen molar-refractivity contribution in [1.82, 2.24) is 14.9 Å². The van der Waals surface area contributed by atoms with E-state index in [0.29, 0.717) is 31.0 Å². The van der Waals surface area contributed by atoms with Crippen molar-refractivity contribution in [1.29, 1.82) is 0 Å². The van der Waals surface area contributed by atoms with Crippen LogP contribution in [0.3, 0.4) is 0 Å². The number of carbonyl (C=O) groups excluding carboxylic acids is 1. The van der Waals surface area contributed by atoms with Crippen LogP contribution in [-0.2, 0) is 12.2 Å². The van der Waals surface area contributed by atoms with Crippen molar-refractivity contribution in [3.63, 3.8) is 0 Å². The molecule has 1 amide bonds. The maximum Gasteiger partial charge on any atom is 0.289 e. The van der Waals surface area contributed by atoms with Crippen LogP contribution in [0.4, 0.5) is 0 Å². The first-order valence-corrected chi connectivity index (χ1v) is 10.2. The number of furan rings is 1. The zero-order valence-electron chi connectivity index (χ0n) is 15.3. The molecule has 0 saturated carbocycles. The Morgan fingerprint density at radius 1 is 1.18 bits per heavy atom. The Bertz CT molecular complexity index is 917. The molecule has 1 fully saturated rings. The molecule has 0 unspecified atom stereocenters. The molecule has 6 nitrogen and oxygen atoms in total. The second-order valence-corrected chi connectivity index (χ2v) is 7.85. The molecule has 2 aromatic heterocycles. The maximum atomic E-state index is 12.8. The van der Waals surface area contributed by atoms with E-state index in [1.807, 2.05) is 36.4 Å². The highest BCUT2D eigenvalue weighted by Gasteiger charge is 2.35. The van der Waals surface area contributed by atoms with Gasteiger partial charge in [-0.2, -0.15) is 0 Å². The Labute approximate surface area is 167 Å². The van der Waals surface area contributed by atoms with Crippen molar-refractivity contribution in [3.05, 3.63) is 78.3 Å². The number of thioether (sulfide) groups is 1. The largest absolute Gasteiger partial charge is 0.455 e. The van der Waals surface area contributed by atoms with E-state index in [1.54, 1.807) is 41.3 Å². The Morgan fingerprint density at radius 2 is 2.04 bits per heavy atom. The predicted molar refractivity (Wildman–Crippen MR) is 106 cm³/mol. The van der Waals surface area contributed by atoms with Crippen LogP contribution in [0.2, 0.25) is 0 Å². The third-order valence-electron chi connectivity index (χ3n) is 4.78. The molecule has 144 valence electrons. The first kappa shape index (κ1) is 18.7. The average molecular weight is 395 g/mol. The lowest BCUT2D eigenvalue weighted by molar-refractivity contribution is 0.0732. The molecule has 3 aromatic rings. The lowest BCUT2D eigenvalue weighted by Gasteiger charge is -2.14. The molecule has 1 saturated heterocycles. The van der Waals surface area contributed by atoms with Crippen LogP contribution >= 0.6 is 11.8 Å². The van der Waals surface area contributed by atoms with Gasteiger partial charge in [-0.15, -0.1) is 11.8 Å². The number of nitrogens with zero attached hydrogens (tertiary/aromatic N) is 3. The first-order valence-electron chi connectivity index (χ1n) is 9.18. The molecule has 0 aliphatic carbocycles. The van der Waals surface area contributed by atoms with Crippen molar-refractivity contribution in [2.45, 2.75) is 23.2 Å². The lowest BCUT2D eigenvalue weighted by atomic mass is 10.0. The number of amides is 1. The van der Waals surface area contributed by atoms with Gasteiger partial charge in [0.25, 0.3) is 5.91 Å². The Morgan fingerprint density at radius 3 is 2.82 bits per heavy atom. The number of benzene rings is 1. The molecule has 1 N–H and O–H groups in total. The number of hydrogen-bond acceptors (Lipinski definition) is 6. The highest BCUT2D eigenvalue weighted by Crippen LogP contribution is 2.26. The van der Waals surface area contributed by atoms with Gasteiger partial charge < -0.3 is 14.4 Å². The summed E-state index contributed by atoms with van der Waals surface area (Å²) in [6.07, 6.45) is 4.97. The maximum absolute atomic E-state index is 12.8. The van der Waals surface area contributed by atoms with E-state index in [9.17, 15) is 9.90 Å². The minimum absolute atomic E-state index is 0.0521. The summed E-state index contributed by atoms with van der Waals surface area (Å²) in [5.41, 5.74) is 0.819. The number of hydrogen-bond donors (Lipinski definition) is 1. The second-order valence-electron chi connectivity index (χ2n) is 6.81. The van der Waals surface area contributed by atoms with E-state index in [2.05, 4.69) is 9.97 Å². The van der Waals surface area contributed by atoms with Gasteiger partial charge in [0.15, 0.2) is 5.76 Å². The predicted octanol–water partition coefficient (Wildman–Crippen LogP) is 3.04. The SMILES string of the molecule is O=C(c1ccc(CSc2ccccc2)o1)N1C[C@@H](Cc2cnccn2)[C@H](O)C1. The van der Waals surface area contributed by atoms with Crippen molar-refractivity contribution in [2.75, 3.05) is 13.1 Å². The summed E-state index contributed by atoms with van der Waals surface area (Å²) in [5, 5.41) is 10.4. The van der Waals surface area contributed by atoms with Crippen molar-refractivity contribution < 1.29 is 14.3 Å². The molecule has 2 atom stereocenters. The average Bonchev–Trinajstić information content (AvgIpc) is 3.35. The number of aliphatic hydroxyl groups is 1. The molecule has 1 aliphatic heterocycles. The highest BCUT2D eigenvalue weighted by molar-refractivity contribution is 7.98. The van der Waals surface area contributed by atoms with E-state index in [-0.39, 0.29) is 11.8 Å². The van der Waals surface area contributed by atoms with E-state index in [0.717, 1.165) is 16.3 Å². The number of aromatic nitrogens is 2. The van der Waals surface area contributed by atoms with Gasteiger partial charge in [-0.05, 0) is 30.7 Å². The minimum Gasteiger partial charge on any atom is -0.455 e. The third-order valence-corrected chi connectivity index (χ3v) is 5.81. The van der Waals surface area contributed by atoms with E-state index in [4.69, 9.17) is 4.42 Å². The second kappa shape index (κ2) is 8.58. The number of β-amino-alcohol motifs (C(OH)–C–C–N with tert-alkyl or cyclic N) is 1. The van der Waals surface area contributed by atoms with Gasteiger partial charge in [-0.25, -0.2) is 0 Å². The van der Waals surface area contributed by atoms with Gasteiger partial charge in [-0.1, -0.05) is 18.2 Å². The molecule has 0 radical (unpaired) electrons. The van der Waals surface area contributed by atoms with Gasteiger partial charge in [-0.3, -0.25) is 14.8 Å². The summed E-state index contributed by atoms with van der Waals surface area (Å²) in [7, 11) is 0. The Kier molecular flexibility index (Phi) is 5.73. The van der Waals surface area contributed by atoms with Crippen LogP contribution in [0.15, 0.2) is 70.4 Å². The summed E-state index contributed by atoms with van der Waals surface area (Å²) < 4.78 is 5.75. The monoisotopic (exact) mass is 395 g/mol. The van der Waals surface area contributed by atoms with Crippen LogP contribution in [-0.4, -0.2) is 45.1 Å². The minimum atomic E-state index is -0.575. The Hall–Kier alpha value is -2.64. The van der Waals surface area contributed by atoms with Crippen molar-refractivity contribution in [2.24, 2.45) is 5.92 Å². The lowest BCUT2D eigenvalue weighted by Crippen LogP contribution is -2.29. The highest BCUT2D eigenvalue weighted by atomic mass is 32.2. The van der Waals surface area contributed by atoms with Gasteiger partial charge in [0.2, 0.25) is 0 Å². The van der Waals surface area contributed by atoms with E-state index < -0.39 is 6.10 Å². The quantitative estimate of drug-likeness (QED) is 0.647. The van der Waals surface area contributed by atoms with Gasteiger partial charge >= 0.3 is 0 Å². The fourth-order valence-electron chi connectivity index (χ4n) is 3.32. The van der Waals surface area contributed by atoms with Crippen molar-refractivity contribution in [3.8, 4) is 0 Å². The van der Waals surface area contributed by atoms with Gasteiger partial charge in [0.1, 0.15) is 5.76 Å². The topological polar surface area (TPSA) is 79.5 Å². The molecule has 3 heterocycles. The summed E-state index contributed by atoms with van der Waals surface area (Å²) >= 11 is 1.66. The van der Waals surface area contributed by atoms with Crippen LogP contribution in [0, 0.1) is 5.92 Å². The molecule has 1 aliphatic rings. The van der Waals surface area contributed by atoms with Crippen LogP contribution < -0.4 is 0 Å². The van der Waals surface area contributed by atoms with E-state index in [1.165, 1.54) is 0 Å². The van der Waals surface area contributed by atoms with Crippen LogP contribution in [0.1, 0.15) is 22.0 Å². The van der Waals surface area contributed by atoms with Crippen LogP contribution in [0.25, 0.3) is 0 Å². The fourth-order valence-corrected chi connectivity index (χ4v) is 4.14. The number of aliphatic hydroxyl groups excluding tert-OH is 1. The molecule has 4 rings (SSSR count). The van der Waals surface area contributed by atoms with Crippen molar-refractivity contribution >= 4 is 17.7 Å². The number of likely N-dealkylation sites (tertiary alicyclic amines) is 1. The fraction of sp³-hybridized carbons (Fsp3) is 0.286. The Balaban J connectivity index is 1.35. The summed E-state index contributed by atoms with van der Waals surface area (Å²) in [5.74, 6) is 1.50. The third kappa shape index (κ3) is 4.43. The zero-order valence-corrected chi connectivity index (χ0v) is 16.1. The molecule has 0 spiro atoms. The number of rotatable bonds is 6. The summed E-state index contributed by atoms with van der Waals surface area (Å²) in [4.78, 5) is 23.9. The molecular weight excluding hydrogens is 374 g/mol. The van der Waals surface area contributed by atoms with E-state index >= 15 is 0 Å². The van der Waals surface area contributed by atoms with Gasteiger partial charge in [0.05, 0.1) is 17.6 Å².